The van der Waals surface area contributed by atoms with Crippen molar-refractivity contribution in [1.82, 2.24) is 14.8 Å². The van der Waals surface area contributed by atoms with Gasteiger partial charge in [0.05, 0.1) is 12.7 Å². The first kappa shape index (κ1) is 39.1. The molecule has 9 nitrogen and oxygen atoms in total. The number of anilines is 1. The number of benzene rings is 4. The van der Waals surface area contributed by atoms with Crippen LogP contribution in [-0.4, -0.2) is 67.6 Å². The number of rotatable bonds is 17. The SMILES string of the molecule is CCN(CC)C(=O)Cc1ccc2[nH]c(-c3cc(C)cc(C)c3)c(CCN(CCCCc3ccc(NS(C)(=O)=O)cc3)C(=O)OCc3ccccc3)c2c1. The number of ether oxygens (including phenoxy) is 1. The molecule has 1 heterocycles. The molecule has 2 amide bonds. The normalized spacial score (nSPS) is 11.4. The Balaban J connectivity index is 1.38. The maximum Gasteiger partial charge on any atom is 0.410 e. The average Bonchev–Trinajstić information content (AvgIpc) is 3.48. The van der Waals surface area contributed by atoms with Gasteiger partial charge in [0.15, 0.2) is 0 Å². The molecule has 0 aliphatic rings. The minimum Gasteiger partial charge on any atom is -0.445 e. The van der Waals surface area contributed by atoms with E-state index in [1.165, 1.54) is 11.1 Å². The van der Waals surface area contributed by atoms with Crippen LogP contribution in [0.2, 0.25) is 0 Å². The van der Waals surface area contributed by atoms with E-state index >= 15 is 0 Å². The van der Waals surface area contributed by atoms with Crippen molar-refractivity contribution in [2.45, 2.75) is 66.4 Å². The number of sulfonamides is 1. The number of nitrogens with one attached hydrogen (secondary N) is 2. The van der Waals surface area contributed by atoms with Crippen LogP contribution in [0.3, 0.4) is 0 Å². The Morgan fingerprint density at radius 1 is 0.755 bits per heavy atom. The lowest BCUT2D eigenvalue weighted by molar-refractivity contribution is -0.130. The Labute approximate surface area is 314 Å². The third-order valence-corrected chi connectivity index (χ3v) is 10.1. The Hall–Kier alpha value is -5.09. The van der Waals surface area contributed by atoms with Crippen LogP contribution in [0.15, 0.2) is 91.0 Å². The Bertz CT molecular complexity index is 2090. The van der Waals surface area contributed by atoms with Crippen molar-refractivity contribution in [2.24, 2.45) is 0 Å². The summed E-state index contributed by atoms with van der Waals surface area (Å²) in [7, 11) is -3.34. The molecule has 2 N–H and O–H groups in total. The van der Waals surface area contributed by atoms with Crippen LogP contribution >= 0.6 is 0 Å². The number of nitrogens with zero attached hydrogens (tertiary/aromatic N) is 2. The maximum atomic E-state index is 13.7. The number of hydrogen-bond donors (Lipinski definition) is 2. The van der Waals surface area contributed by atoms with Crippen molar-refractivity contribution in [3.63, 3.8) is 0 Å². The lowest BCUT2D eigenvalue weighted by Crippen LogP contribution is -2.34. The van der Waals surface area contributed by atoms with Crippen LogP contribution in [-0.2, 0) is 45.4 Å². The Morgan fingerprint density at radius 3 is 2.09 bits per heavy atom. The van der Waals surface area contributed by atoms with E-state index in [0.29, 0.717) is 44.7 Å². The van der Waals surface area contributed by atoms with Gasteiger partial charge in [-0.1, -0.05) is 65.7 Å². The van der Waals surface area contributed by atoms with Crippen molar-refractivity contribution >= 4 is 38.6 Å². The fourth-order valence-electron chi connectivity index (χ4n) is 6.83. The largest absolute Gasteiger partial charge is 0.445 e. The quantitative estimate of drug-likeness (QED) is 0.0932. The fourth-order valence-corrected chi connectivity index (χ4v) is 7.39. The second kappa shape index (κ2) is 18.1. The number of aromatic amines is 1. The molecule has 0 unspecified atom stereocenters. The highest BCUT2D eigenvalue weighted by atomic mass is 32.2. The molecule has 0 spiro atoms. The smallest absolute Gasteiger partial charge is 0.410 e. The summed E-state index contributed by atoms with van der Waals surface area (Å²) in [6.07, 6.45) is 4.09. The van der Waals surface area contributed by atoms with Crippen LogP contribution in [0.1, 0.15) is 60.1 Å². The van der Waals surface area contributed by atoms with Gasteiger partial charge in [-0.25, -0.2) is 13.2 Å². The summed E-state index contributed by atoms with van der Waals surface area (Å²) in [5.74, 6) is 0.106. The summed E-state index contributed by atoms with van der Waals surface area (Å²) in [6.45, 7) is 10.7. The zero-order chi connectivity index (χ0) is 38.0. The van der Waals surface area contributed by atoms with Crippen molar-refractivity contribution in [3.05, 3.63) is 124 Å². The van der Waals surface area contributed by atoms with Gasteiger partial charge in [0.2, 0.25) is 15.9 Å². The number of H-pyrrole nitrogens is 1. The number of hydrogen-bond acceptors (Lipinski definition) is 5. The molecule has 5 rings (SSSR count). The first-order chi connectivity index (χ1) is 25.4. The molecule has 10 heteroatoms. The molecule has 0 aliphatic carbocycles. The highest BCUT2D eigenvalue weighted by molar-refractivity contribution is 7.92. The van der Waals surface area contributed by atoms with Gasteiger partial charge < -0.3 is 19.5 Å². The van der Waals surface area contributed by atoms with Gasteiger partial charge in [0.25, 0.3) is 0 Å². The summed E-state index contributed by atoms with van der Waals surface area (Å²) in [6, 6.07) is 29.8. The molecule has 280 valence electrons. The number of aryl methyl sites for hydroxylation is 3. The number of fused-ring (bicyclic) bond motifs is 1. The van der Waals surface area contributed by atoms with E-state index < -0.39 is 10.0 Å². The van der Waals surface area contributed by atoms with Gasteiger partial charge in [-0.2, -0.15) is 0 Å². The monoisotopic (exact) mass is 736 g/mol. The predicted molar refractivity (Wildman–Crippen MR) is 215 cm³/mol. The molecule has 5 aromatic rings. The standard InChI is InChI=1S/C43H52N4O5S/c1-6-46(7-2)41(48)29-35-18-21-40-39(28-35)38(42(44-40)36-26-31(3)25-32(4)27-36)22-24-47(43(49)52-30-34-14-9-8-10-15-34)23-12-11-13-33-16-19-37(20-17-33)45-53(5,50)51/h8-10,14-21,25-28,44-45H,6-7,11-13,22-24,29-30H2,1-5H3. The summed E-state index contributed by atoms with van der Waals surface area (Å²) in [5, 5.41) is 1.05. The molecule has 0 atom stereocenters. The van der Waals surface area contributed by atoms with Crippen molar-refractivity contribution in [2.75, 3.05) is 37.2 Å². The van der Waals surface area contributed by atoms with Gasteiger partial charge in [-0.05, 0) is 118 Å². The highest BCUT2D eigenvalue weighted by Gasteiger charge is 2.20. The summed E-state index contributed by atoms with van der Waals surface area (Å²) < 4.78 is 31.5. The Morgan fingerprint density at radius 2 is 1.43 bits per heavy atom. The molecular formula is C43H52N4O5S. The van der Waals surface area contributed by atoms with Crippen LogP contribution in [0.25, 0.3) is 22.2 Å². The number of likely N-dealkylation sites (N-methyl/N-ethyl adjacent to an activating group) is 1. The van der Waals surface area contributed by atoms with Crippen molar-refractivity contribution in [3.8, 4) is 11.3 Å². The number of unbranched alkanes of at least 4 members (excludes halogenated alkanes) is 1. The predicted octanol–water partition coefficient (Wildman–Crippen LogP) is 8.44. The van der Waals surface area contributed by atoms with Gasteiger partial charge in [-0.3, -0.25) is 9.52 Å². The van der Waals surface area contributed by atoms with Crippen LogP contribution < -0.4 is 4.72 Å². The van der Waals surface area contributed by atoms with Crippen LogP contribution in [0, 0.1) is 13.8 Å². The van der Waals surface area contributed by atoms with E-state index in [1.807, 2.05) is 67.3 Å². The maximum absolute atomic E-state index is 13.7. The van der Waals surface area contributed by atoms with Gasteiger partial charge >= 0.3 is 6.09 Å². The zero-order valence-corrected chi connectivity index (χ0v) is 32.4. The summed E-state index contributed by atoms with van der Waals surface area (Å²) in [5.41, 5.74) is 10.0. The van der Waals surface area contributed by atoms with E-state index in [4.69, 9.17) is 4.74 Å². The third kappa shape index (κ3) is 11.2. The number of carbonyl (C=O) groups is 2. The van der Waals surface area contributed by atoms with Crippen LogP contribution in [0.5, 0.6) is 0 Å². The number of carbonyl (C=O) groups excluding carboxylic acids is 2. The van der Waals surface area contributed by atoms with E-state index in [2.05, 4.69) is 53.9 Å². The minimum atomic E-state index is -3.34. The minimum absolute atomic E-state index is 0.106. The van der Waals surface area contributed by atoms with E-state index in [0.717, 1.165) is 69.9 Å². The van der Waals surface area contributed by atoms with Gasteiger partial charge in [0.1, 0.15) is 6.61 Å². The molecule has 53 heavy (non-hydrogen) atoms. The third-order valence-electron chi connectivity index (χ3n) is 9.45. The molecule has 1 aromatic heterocycles. The molecule has 0 radical (unpaired) electrons. The average molecular weight is 737 g/mol. The zero-order valence-electron chi connectivity index (χ0n) is 31.6. The van der Waals surface area contributed by atoms with E-state index in [9.17, 15) is 18.0 Å². The summed E-state index contributed by atoms with van der Waals surface area (Å²) >= 11 is 0. The van der Waals surface area contributed by atoms with Gasteiger partial charge in [-0.15, -0.1) is 0 Å². The molecule has 0 saturated heterocycles. The van der Waals surface area contributed by atoms with Crippen LogP contribution in [0.4, 0.5) is 10.5 Å². The lowest BCUT2D eigenvalue weighted by atomic mass is 9.98. The van der Waals surface area contributed by atoms with Crippen molar-refractivity contribution < 1.29 is 22.7 Å². The molecule has 0 fully saturated rings. The van der Waals surface area contributed by atoms with E-state index in [-0.39, 0.29) is 18.6 Å². The molecule has 4 aromatic carbocycles. The number of aromatic nitrogens is 1. The topological polar surface area (TPSA) is 112 Å². The molecule has 0 bridgehead atoms. The molecular weight excluding hydrogens is 685 g/mol. The second-order valence-electron chi connectivity index (χ2n) is 13.8. The van der Waals surface area contributed by atoms with Gasteiger partial charge in [0, 0.05) is 48.5 Å². The molecule has 0 aliphatic heterocycles. The lowest BCUT2D eigenvalue weighted by Gasteiger charge is -2.23. The van der Waals surface area contributed by atoms with Crippen molar-refractivity contribution in [1.29, 1.82) is 0 Å². The Kier molecular flexibility index (Phi) is 13.4. The fraction of sp³-hybridized carbons (Fsp3) is 0.349. The van der Waals surface area contributed by atoms with E-state index in [1.54, 1.807) is 17.0 Å². The summed E-state index contributed by atoms with van der Waals surface area (Å²) in [4.78, 5) is 34.1. The number of amides is 2. The highest BCUT2D eigenvalue weighted by Crippen LogP contribution is 2.33. The first-order valence-electron chi connectivity index (χ1n) is 18.4. The first-order valence-corrected chi connectivity index (χ1v) is 20.3. The molecule has 0 saturated carbocycles. The second-order valence-corrected chi connectivity index (χ2v) is 15.5.